The first-order chi connectivity index (χ1) is 9.66. The standard InChI is InChI=1S/C16H22N2OS.ClH/c1-10-7-8-17-11(2)15(10)18-16(19)13-9-20-14-6-4-3-5-12(13)14;/h3-6,10-11,13,15,17H,7-9H2,1-2H3,(H,18,19);1H. The molecule has 3 nitrogen and oxygen atoms in total. The zero-order valence-electron chi connectivity index (χ0n) is 12.5. The van der Waals surface area contributed by atoms with Crippen molar-refractivity contribution in [2.24, 2.45) is 5.92 Å². The van der Waals surface area contributed by atoms with Crippen molar-refractivity contribution in [3.8, 4) is 0 Å². The molecular weight excluding hydrogens is 304 g/mol. The van der Waals surface area contributed by atoms with Crippen LogP contribution in [-0.4, -0.2) is 30.3 Å². The Balaban J connectivity index is 0.00000161. The Kier molecular flexibility index (Phi) is 5.58. The third-order valence-corrected chi connectivity index (χ3v) is 5.73. The summed E-state index contributed by atoms with van der Waals surface area (Å²) in [6.45, 7) is 5.45. The third-order valence-electron chi connectivity index (χ3n) is 4.54. The lowest BCUT2D eigenvalue weighted by Crippen LogP contribution is -2.56. The van der Waals surface area contributed by atoms with Crippen molar-refractivity contribution >= 4 is 30.1 Å². The Morgan fingerprint density at radius 3 is 2.86 bits per heavy atom. The predicted octanol–water partition coefficient (Wildman–Crippen LogP) is 2.80. The van der Waals surface area contributed by atoms with Gasteiger partial charge in [0, 0.05) is 22.7 Å². The van der Waals surface area contributed by atoms with Crippen LogP contribution in [0.25, 0.3) is 0 Å². The number of piperidine rings is 1. The van der Waals surface area contributed by atoms with Gasteiger partial charge in [-0.3, -0.25) is 4.79 Å². The van der Waals surface area contributed by atoms with Gasteiger partial charge in [-0.2, -0.15) is 0 Å². The maximum Gasteiger partial charge on any atom is 0.228 e. The van der Waals surface area contributed by atoms with Crippen molar-refractivity contribution in [3.63, 3.8) is 0 Å². The summed E-state index contributed by atoms with van der Waals surface area (Å²) >= 11 is 1.79. The third kappa shape index (κ3) is 3.38. The van der Waals surface area contributed by atoms with Crippen LogP contribution in [0.1, 0.15) is 31.7 Å². The number of carbonyl (C=O) groups is 1. The Morgan fingerprint density at radius 2 is 2.10 bits per heavy atom. The molecule has 2 heterocycles. The van der Waals surface area contributed by atoms with E-state index >= 15 is 0 Å². The molecule has 4 unspecified atom stereocenters. The number of rotatable bonds is 2. The van der Waals surface area contributed by atoms with E-state index in [-0.39, 0.29) is 30.3 Å². The van der Waals surface area contributed by atoms with Crippen LogP contribution >= 0.6 is 24.2 Å². The molecule has 1 amide bonds. The van der Waals surface area contributed by atoms with Gasteiger partial charge in [0.1, 0.15) is 0 Å². The van der Waals surface area contributed by atoms with Crippen LogP contribution in [0.5, 0.6) is 0 Å². The molecule has 1 aromatic carbocycles. The van der Waals surface area contributed by atoms with Gasteiger partial charge in [-0.15, -0.1) is 24.2 Å². The topological polar surface area (TPSA) is 41.1 Å². The number of fused-ring (bicyclic) bond motifs is 1. The van der Waals surface area contributed by atoms with E-state index in [1.807, 2.05) is 12.1 Å². The number of hydrogen-bond acceptors (Lipinski definition) is 3. The normalized spacial score (nSPS) is 31.1. The molecule has 0 spiro atoms. The Morgan fingerprint density at radius 1 is 1.33 bits per heavy atom. The summed E-state index contributed by atoms with van der Waals surface area (Å²) in [7, 11) is 0. The highest BCUT2D eigenvalue weighted by Crippen LogP contribution is 2.39. The summed E-state index contributed by atoms with van der Waals surface area (Å²) in [5.74, 6) is 1.61. The van der Waals surface area contributed by atoms with Crippen molar-refractivity contribution in [1.82, 2.24) is 10.6 Å². The molecule has 21 heavy (non-hydrogen) atoms. The summed E-state index contributed by atoms with van der Waals surface area (Å²) in [4.78, 5) is 13.9. The maximum absolute atomic E-state index is 12.6. The molecule has 1 aromatic rings. The number of hydrogen-bond donors (Lipinski definition) is 2. The molecule has 3 rings (SSSR count). The molecule has 2 N–H and O–H groups in total. The van der Waals surface area contributed by atoms with Crippen LogP contribution in [0.15, 0.2) is 29.2 Å². The van der Waals surface area contributed by atoms with Gasteiger partial charge in [0.2, 0.25) is 5.91 Å². The van der Waals surface area contributed by atoms with E-state index in [0.29, 0.717) is 12.0 Å². The second-order valence-electron chi connectivity index (χ2n) is 5.94. The van der Waals surface area contributed by atoms with Gasteiger partial charge in [0.15, 0.2) is 0 Å². The zero-order chi connectivity index (χ0) is 14.1. The minimum atomic E-state index is 0. The van der Waals surface area contributed by atoms with Crippen LogP contribution in [-0.2, 0) is 4.79 Å². The van der Waals surface area contributed by atoms with Crippen molar-refractivity contribution < 1.29 is 4.79 Å². The summed E-state index contributed by atoms with van der Waals surface area (Å²) in [6.07, 6.45) is 1.13. The molecule has 1 saturated heterocycles. The quantitative estimate of drug-likeness (QED) is 0.878. The molecule has 2 aliphatic rings. The number of thioether (sulfide) groups is 1. The fraction of sp³-hybridized carbons (Fsp3) is 0.562. The maximum atomic E-state index is 12.6. The molecule has 0 radical (unpaired) electrons. The van der Waals surface area contributed by atoms with Crippen LogP contribution in [0.4, 0.5) is 0 Å². The first-order valence-corrected chi connectivity index (χ1v) is 8.41. The Hall–Kier alpha value is -0.710. The van der Waals surface area contributed by atoms with E-state index < -0.39 is 0 Å². The Labute approximate surface area is 137 Å². The number of benzene rings is 1. The minimum absolute atomic E-state index is 0. The van der Waals surface area contributed by atoms with Gasteiger partial charge in [0.05, 0.1) is 5.92 Å². The molecule has 5 heteroatoms. The molecule has 2 aliphatic heterocycles. The van der Waals surface area contributed by atoms with Crippen LogP contribution in [0.3, 0.4) is 0 Å². The first-order valence-electron chi connectivity index (χ1n) is 7.42. The lowest BCUT2D eigenvalue weighted by atomic mass is 9.88. The monoisotopic (exact) mass is 326 g/mol. The molecule has 0 aliphatic carbocycles. The SMILES string of the molecule is CC1CCNC(C)C1NC(=O)C1CSc2ccccc21.Cl. The Bertz CT molecular complexity index is 501. The summed E-state index contributed by atoms with van der Waals surface area (Å²) in [5, 5.41) is 6.74. The van der Waals surface area contributed by atoms with Crippen LogP contribution in [0, 0.1) is 5.92 Å². The van der Waals surface area contributed by atoms with Gasteiger partial charge >= 0.3 is 0 Å². The van der Waals surface area contributed by atoms with Gasteiger partial charge in [-0.1, -0.05) is 25.1 Å². The van der Waals surface area contributed by atoms with E-state index in [1.54, 1.807) is 11.8 Å². The number of nitrogens with one attached hydrogen (secondary N) is 2. The molecular formula is C16H23ClN2OS. The zero-order valence-corrected chi connectivity index (χ0v) is 14.1. The number of carbonyl (C=O) groups excluding carboxylic acids is 1. The average Bonchev–Trinajstić information content (AvgIpc) is 2.87. The van der Waals surface area contributed by atoms with Crippen molar-refractivity contribution in [3.05, 3.63) is 29.8 Å². The summed E-state index contributed by atoms with van der Waals surface area (Å²) in [6, 6.07) is 8.87. The molecule has 1 fully saturated rings. The van der Waals surface area contributed by atoms with Crippen LogP contribution < -0.4 is 10.6 Å². The molecule has 0 saturated carbocycles. The van der Waals surface area contributed by atoms with E-state index in [2.05, 4.69) is 36.6 Å². The highest BCUT2D eigenvalue weighted by molar-refractivity contribution is 7.99. The number of amides is 1. The van der Waals surface area contributed by atoms with E-state index in [9.17, 15) is 4.79 Å². The molecule has 0 bridgehead atoms. The van der Waals surface area contributed by atoms with E-state index in [0.717, 1.165) is 18.7 Å². The van der Waals surface area contributed by atoms with Crippen molar-refractivity contribution in [2.45, 2.75) is 43.2 Å². The lowest BCUT2D eigenvalue weighted by Gasteiger charge is -2.36. The van der Waals surface area contributed by atoms with Crippen molar-refractivity contribution in [1.29, 1.82) is 0 Å². The van der Waals surface area contributed by atoms with Gasteiger partial charge in [-0.25, -0.2) is 0 Å². The summed E-state index contributed by atoms with van der Waals surface area (Å²) in [5.41, 5.74) is 1.19. The minimum Gasteiger partial charge on any atom is -0.351 e. The lowest BCUT2D eigenvalue weighted by molar-refractivity contribution is -0.123. The van der Waals surface area contributed by atoms with Crippen LogP contribution in [0.2, 0.25) is 0 Å². The van der Waals surface area contributed by atoms with Gasteiger partial charge in [0.25, 0.3) is 0 Å². The first kappa shape index (κ1) is 16.7. The molecule has 4 atom stereocenters. The van der Waals surface area contributed by atoms with E-state index in [4.69, 9.17) is 0 Å². The highest BCUT2D eigenvalue weighted by atomic mass is 35.5. The highest BCUT2D eigenvalue weighted by Gasteiger charge is 2.34. The second-order valence-corrected chi connectivity index (χ2v) is 7.01. The van der Waals surface area contributed by atoms with Crippen molar-refractivity contribution in [2.75, 3.05) is 12.3 Å². The van der Waals surface area contributed by atoms with E-state index in [1.165, 1.54) is 10.5 Å². The predicted molar refractivity (Wildman–Crippen MR) is 90.3 cm³/mol. The molecule has 0 aromatic heterocycles. The fourth-order valence-electron chi connectivity index (χ4n) is 3.25. The number of halogens is 1. The largest absolute Gasteiger partial charge is 0.351 e. The fourth-order valence-corrected chi connectivity index (χ4v) is 4.48. The molecule has 116 valence electrons. The van der Waals surface area contributed by atoms with Gasteiger partial charge in [-0.05, 0) is 37.4 Å². The smallest absolute Gasteiger partial charge is 0.228 e. The average molecular weight is 327 g/mol. The second kappa shape index (κ2) is 7.03. The van der Waals surface area contributed by atoms with Gasteiger partial charge < -0.3 is 10.6 Å². The summed E-state index contributed by atoms with van der Waals surface area (Å²) < 4.78 is 0.